The molecule has 0 radical (unpaired) electrons. The van der Waals surface area contributed by atoms with Gasteiger partial charge < -0.3 is 0 Å². The molecule has 0 saturated carbocycles. The maximum Gasteiger partial charge on any atom is 0.0930 e. The molecule has 0 aliphatic rings. The Balaban J connectivity index is 2.86. The molecule has 0 heterocycles. The first-order chi connectivity index (χ1) is 5.24. The van der Waals surface area contributed by atoms with Crippen molar-refractivity contribution in [2.75, 3.05) is 0 Å². The van der Waals surface area contributed by atoms with Gasteiger partial charge in [0.25, 0.3) is 0 Å². The fourth-order valence-corrected chi connectivity index (χ4v) is 1.40. The summed E-state index contributed by atoms with van der Waals surface area (Å²) in [4.78, 5) is 4.52. The van der Waals surface area contributed by atoms with Gasteiger partial charge in [0.2, 0.25) is 0 Å². The lowest BCUT2D eigenvalue weighted by Crippen LogP contribution is -1.99. The van der Waals surface area contributed by atoms with Crippen molar-refractivity contribution in [2.45, 2.75) is 13.5 Å². The third kappa shape index (κ3) is 2.43. The first-order valence-corrected chi connectivity index (χ1v) is 4.38. The highest BCUT2D eigenvalue weighted by Crippen LogP contribution is 2.13. The first-order valence-electron chi connectivity index (χ1n) is 3.30. The van der Waals surface area contributed by atoms with Crippen LogP contribution in [0.5, 0.6) is 0 Å². The Morgan fingerprint density at radius 2 is 2.27 bits per heavy atom. The van der Waals surface area contributed by atoms with Gasteiger partial charge in [-0.05, 0) is 46.7 Å². The van der Waals surface area contributed by atoms with Gasteiger partial charge in [-0.2, -0.15) is 0 Å². The van der Waals surface area contributed by atoms with Crippen LogP contribution in [0.2, 0.25) is 0 Å². The molecule has 0 amide bonds. The van der Waals surface area contributed by atoms with Crippen molar-refractivity contribution in [2.24, 2.45) is 5.90 Å². The second kappa shape index (κ2) is 4.04. The summed E-state index contributed by atoms with van der Waals surface area (Å²) in [6, 6.07) is 6.16. The minimum atomic E-state index is 0.482. The third-order valence-corrected chi connectivity index (χ3v) is 2.65. The molecule has 1 rings (SSSR count). The first kappa shape index (κ1) is 8.96. The molecule has 0 spiro atoms. The number of rotatable bonds is 2. The fraction of sp³-hybridized carbons (Fsp3) is 0.250. The molecule has 3 heteroatoms. The van der Waals surface area contributed by atoms with Crippen LogP contribution in [-0.4, -0.2) is 0 Å². The zero-order valence-electron chi connectivity index (χ0n) is 6.30. The van der Waals surface area contributed by atoms with Crippen LogP contribution in [0.1, 0.15) is 11.1 Å². The molecule has 60 valence electrons. The van der Waals surface area contributed by atoms with Crippen LogP contribution in [0.4, 0.5) is 0 Å². The van der Waals surface area contributed by atoms with Crippen molar-refractivity contribution in [1.82, 2.24) is 0 Å². The number of benzene rings is 1. The fourth-order valence-electron chi connectivity index (χ4n) is 0.822. The van der Waals surface area contributed by atoms with E-state index < -0.39 is 0 Å². The molecule has 1 aromatic carbocycles. The third-order valence-electron chi connectivity index (χ3n) is 1.49. The van der Waals surface area contributed by atoms with Crippen molar-refractivity contribution in [3.8, 4) is 0 Å². The van der Waals surface area contributed by atoms with Crippen molar-refractivity contribution in [3.05, 3.63) is 32.9 Å². The minimum absolute atomic E-state index is 0.482. The molecule has 0 aromatic heterocycles. The van der Waals surface area contributed by atoms with E-state index in [9.17, 15) is 0 Å². The van der Waals surface area contributed by atoms with Crippen LogP contribution in [0, 0.1) is 10.5 Å². The molecular formula is C8H10INO. The molecule has 1 aromatic rings. The maximum atomic E-state index is 4.95. The normalized spacial score (nSPS) is 10.1. The van der Waals surface area contributed by atoms with Gasteiger partial charge >= 0.3 is 0 Å². The summed E-state index contributed by atoms with van der Waals surface area (Å²) in [5.74, 6) is 4.95. The second-order valence-corrected chi connectivity index (χ2v) is 3.56. The standard InChI is InChI=1S/C8H10INO/c1-6-2-3-7(5-11-10)4-8(6)9/h2-4H,5,10H2,1H3. The van der Waals surface area contributed by atoms with E-state index in [0.717, 1.165) is 5.56 Å². The van der Waals surface area contributed by atoms with Gasteiger partial charge in [0, 0.05) is 3.57 Å². The summed E-state index contributed by atoms with van der Waals surface area (Å²) >= 11 is 2.29. The van der Waals surface area contributed by atoms with Gasteiger partial charge in [-0.3, -0.25) is 4.84 Å². The Hall–Kier alpha value is -0.130. The Morgan fingerprint density at radius 1 is 1.55 bits per heavy atom. The maximum absolute atomic E-state index is 4.95. The molecule has 0 bridgehead atoms. The SMILES string of the molecule is Cc1ccc(CON)cc1I. The lowest BCUT2D eigenvalue weighted by molar-refractivity contribution is 0.124. The molecule has 11 heavy (non-hydrogen) atoms. The van der Waals surface area contributed by atoms with E-state index in [1.165, 1.54) is 9.13 Å². The summed E-state index contributed by atoms with van der Waals surface area (Å²) in [5.41, 5.74) is 2.40. The highest BCUT2D eigenvalue weighted by Gasteiger charge is 1.95. The number of nitrogens with two attached hydrogens (primary N) is 1. The highest BCUT2D eigenvalue weighted by molar-refractivity contribution is 14.1. The Kier molecular flexibility index (Phi) is 3.29. The van der Waals surface area contributed by atoms with E-state index in [1.54, 1.807) is 0 Å². The molecule has 0 saturated heterocycles. The van der Waals surface area contributed by atoms with Crippen LogP contribution < -0.4 is 5.90 Å². The Labute approximate surface area is 79.8 Å². The van der Waals surface area contributed by atoms with Crippen molar-refractivity contribution >= 4 is 22.6 Å². The number of aryl methyl sites for hydroxylation is 1. The van der Waals surface area contributed by atoms with Gasteiger partial charge in [-0.1, -0.05) is 12.1 Å². The predicted molar refractivity (Wildman–Crippen MR) is 52.9 cm³/mol. The summed E-state index contributed by atoms with van der Waals surface area (Å²) in [5, 5.41) is 0. The lowest BCUT2D eigenvalue weighted by Gasteiger charge is -2.01. The summed E-state index contributed by atoms with van der Waals surface area (Å²) < 4.78 is 1.25. The summed E-state index contributed by atoms with van der Waals surface area (Å²) in [6.45, 7) is 2.56. The van der Waals surface area contributed by atoms with Crippen molar-refractivity contribution < 1.29 is 4.84 Å². The van der Waals surface area contributed by atoms with E-state index in [-0.39, 0.29) is 0 Å². The smallest absolute Gasteiger partial charge is 0.0930 e. The Bertz CT molecular complexity index is 250. The van der Waals surface area contributed by atoms with E-state index in [1.807, 2.05) is 6.07 Å². The quantitative estimate of drug-likeness (QED) is 0.654. The molecule has 0 atom stereocenters. The molecule has 2 nitrogen and oxygen atoms in total. The average molecular weight is 263 g/mol. The van der Waals surface area contributed by atoms with Gasteiger partial charge in [0.1, 0.15) is 0 Å². The number of hydrogen-bond acceptors (Lipinski definition) is 2. The zero-order chi connectivity index (χ0) is 8.27. The minimum Gasteiger partial charge on any atom is -0.300 e. The lowest BCUT2D eigenvalue weighted by atomic mass is 10.2. The molecule has 0 aliphatic carbocycles. The van der Waals surface area contributed by atoms with E-state index in [2.05, 4.69) is 46.5 Å². The highest BCUT2D eigenvalue weighted by atomic mass is 127. The molecule has 0 aliphatic heterocycles. The average Bonchev–Trinajstić information content (AvgIpc) is 1.98. The van der Waals surface area contributed by atoms with Crippen LogP contribution in [0.3, 0.4) is 0 Å². The Morgan fingerprint density at radius 3 is 2.82 bits per heavy atom. The number of halogens is 1. The van der Waals surface area contributed by atoms with Crippen LogP contribution >= 0.6 is 22.6 Å². The summed E-state index contributed by atoms with van der Waals surface area (Å²) in [6.07, 6.45) is 0. The summed E-state index contributed by atoms with van der Waals surface area (Å²) in [7, 11) is 0. The van der Waals surface area contributed by atoms with E-state index in [0.29, 0.717) is 6.61 Å². The molecule has 0 fully saturated rings. The zero-order valence-corrected chi connectivity index (χ0v) is 8.46. The van der Waals surface area contributed by atoms with Crippen molar-refractivity contribution in [1.29, 1.82) is 0 Å². The van der Waals surface area contributed by atoms with Gasteiger partial charge in [0.15, 0.2) is 0 Å². The van der Waals surface area contributed by atoms with Gasteiger partial charge in [0.05, 0.1) is 6.61 Å². The molecule has 2 N–H and O–H groups in total. The van der Waals surface area contributed by atoms with Crippen molar-refractivity contribution in [3.63, 3.8) is 0 Å². The monoisotopic (exact) mass is 263 g/mol. The second-order valence-electron chi connectivity index (χ2n) is 2.39. The van der Waals surface area contributed by atoms with Gasteiger partial charge in [-0.15, -0.1) is 0 Å². The predicted octanol–water partition coefficient (Wildman–Crippen LogP) is 1.99. The topological polar surface area (TPSA) is 35.2 Å². The van der Waals surface area contributed by atoms with Gasteiger partial charge in [-0.25, -0.2) is 5.90 Å². The van der Waals surface area contributed by atoms with Crippen LogP contribution in [-0.2, 0) is 11.4 Å². The molecule has 0 unspecified atom stereocenters. The van der Waals surface area contributed by atoms with E-state index in [4.69, 9.17) is 5.90 Å². The van der Waals surface area contributed by atoms with Crippen LogP contribution in [0.15, 0.2) is 18.2 Å². The number of hydrogen-bond donors (Lipinski definition) is 1. The largest absolute Gasteiger partial charge is 0.300 e. The molecular weight excluding hydrogens is 253 g/mol. The van der Waals surface area contributed by atoms with E-state index >= 15 is 0 Å². The van der Waals surface area contributed by atoms with Crippen LogP contribution in [0.25, 0.3) is 0 Å².